The number of hydrogen-bond donors (Lipinski definition) is 3. The fraction of sp³-hybridized carbons (Fsp3) is 0.455. The second-order valence-corrected chi connectivity index (χ2v) is 6.91. The predicted molar refractivity (Wildman–Crippen MR) is 78.7 cm³/mol. The van der Waals surface area contributed by atoms with Crippen molar-refractivity contribution < 1.29 is 23.1 Å². The summed E-state index contributed by atoms with van der Waals surface area (Å²) in [5.41, 5.74) is 0.0226. The van der Waals surface area contributed by atoms with E-state index in [4.69, 9.17) is 10.2 Å². The van der Waals surface area contributed by atoms with Gasteiger partial charge in [-0.05, 0) is 24.5 Å². The van der Waals surface area contributed by atoms with Crippen LogP contribution >= 0.6 is 11.8 Å². The molecule has 0 aliphatic heterocycles. The zero-order valence-electron chi connectivity index (χ0n) is 11.6. The fourth-order valence-electron chi connectivity index (χ4n) is 1.64. The molecule has 0 saturated carbocycles. The second-order valence-electron chi connectivity index (χ2n) is 4.36. The lowest BCUT2D eigenvalue weighted by Crippen LogP contribution is -2.41. The van der Waals surface area contributed by atoms with Gasteiger partial charge in [0, 0.05) is 13.2 Å². The van der Waals surface area contributed by atoms with Crippen LogP contribution in [0.5, 0.6) is 0 Å². The van der Waals surface area contributed by atoms with Crippen molar-refractivity contribution in [2.24, 2.45) is 12.2 Å². The van der Waals surface area contributed by atoms with Crippen molar-refractivity contribution in [3.05, 3.63) is 18.0 Å². The Labute approximate surface area is 126 Å². The Hall–Kier alpha value is -1.52. The summed E-state index contributed by atoms with van der Waals surface area (Å²) >= 11 is 1.47. The molecule has 0 saturated heterocycles. The largest absolute Gasteiger partial charge is 0.480 e. The molecule has 0 unspecified atom stereocenters. The quantitative estimate of drug-likeness (QED) is 0.622. The Bertz CT molecular complexity index is 638. The minimum atomic E-state index is -3.92. The number of carboxylic acids is 1. The SMILES string of the molecule is CSCC[C@@H](NC(=O)c1cc(S(N)(=O)=O)cn1C)C(=O)O. The van der Waals surface area contributed by atoms with Gasteiger partial charge in [-0.15, -0.1) is 0 Å². The van der Waals surface area contributed by atoms with Gasteiger partial charge in [-0.3, -0.25) is 4.79 Å². The number of carboxylic acid groups (broad SMARTS) is 1. The number of amides is 1. The van der Waals surface area contributed by atoms with Crippen LogP contribution in [-0.2, 0) is 21.9 Å². The number of hydrogen-bond acceptors (Lipinski definition) is 5. The highest BCUT2D eigenvalue weighted by atomic mass is 32.2. The van der Waals surface area contributed by atoms with E-state index in [9.17, 15) is 18.0 Å². The molecular weight excluding hydrogens is 318 g/mol. The monoisotopic (exact) mass is 335 g/mol. The average molecular weight is 335 g/mol. The van der Waals surface area contributed by atoms with Gasteiger partial charge < -0.3 is 15.0 Å². The van der Waals surface area contributed by atoms with Gasteiger partial charge in [0.2, 0.25) is 10.0 Å². The lowest BCUT2D eigenvalue weighted by Gasteiger charge is -2.14. The maximum Gasteiger partial charge on any atom is 0.326 e. The van der Waals surface area contributed by atoms with Crippen LogP contribution in [0.1, 0.15) is 16.9 Å². The summed E-state index contributed by atoms with van der Waals surface area (Å²) < 4.78 is 23.7. The van der Waals surface area contributed by atoms with Gasteiger partial charge in [-0.1, -0.05) is 0 Å². The van der Waals surface area contributed by atoms with Gasteiger partial charge in [0.25, 0.3) is 5.91 Å². The van der Waals surface area contributed by atoms with Crippen molar-refractivity contribution in [1.29, 1.82) is 0 Å². The van der Waals surface area contributed by atoms with E-state index >= 15 is 0 Å². The predicted octanol–water partition coefficient (Wildman–Crippen LogP) is -0.391. The average Bonchev–Trinajstić information content (AvgIpc) is 2.76. The molecule has 0 spiro atoms. The van der Waals surface area contributed by atoms with Crippen molar-refractivity contribution in [3.8, 4) is 0 Å². The molecule has 0 fully saturated rings. The molecule has 8 nitrogen and oxygen atoms in total. The van der Waals surface area contributed by atoms with Crippen LogP contribution < -0.4 is 10.5 Å². The Balaban J connectivity index is 2.93. The van der Waals surface area contributed by atoms with E-state index in [2.05, 4.69) is 5.32 Å². The summed E-state index contributed by atoms with van der Waals surface area (Å²) in [6.45, 7) is 0. The van der Waals surface area contributed by atoms with Gasteiger partial charge >= 0.3 is 5.97 Å². The number of aryl methyl sites for hydroxylation is 1. The number of carbonyl (C=O) groups is 2. The van der Waals surface area contributed by atoms with Gasteiger partial charge in [0.15, 0.2) is 0 Å². The molecule has 0 bridgehead atoms. The highest BCUT2D eigenvalue weighted by Crippen LogP contribution is 2.12. The summed E-state index contributed by atoms with van der Waals surface area (Å²) in [6, 6.07) is 0.0794. The third-order valence-electron chi connectivity index (χ3n) is 2.76. The summed E-state index contributed by atoms with van der Waals surface area (Å²) in [5.74, 6) is -1.23. The molecule has 0 radical (unpaired) electrons. The minimum absolute atomic E-state index is 0.0226. The molecule has 118 valence electrons. The van der Waals surface area contributed by atoms with E-state index in [1.165, 1.54) is 29.6 Å². The molecule has 1 amide bonds. The molecule has 21 heavy (non-hydrogen) atoms. The Morgan fingerprint density at radius 3 is 2.57 bits per heavy atom. The Morgan fingerprint density at radius 1 is 1.52 bits per heavy atom. The smallest absolute Gasteiger partial charge is 0.326 e. The molecule has 4 N–H and O–H groups in total. The third kappa shape index (κ3) is 4.76. The van der Waals surface area contributed by atoms with E-state index in [1.807, 2.05) is 6.26 Å². The van der Waals surface area contributed by atoms with Crippen molar-refractivity contribution in [2.45, 2.75) is 17.4 Å². The number of aliphatic carboxylic acids is 1. The number of nitrogens with two attached hydrogens (primary N) is 1. The first kappa shape index (κ1) is 17.5. The van der Waals surface area contributed by atoms with Gasteiger partial charge in [0.05, 0.1) is 0 Å². The van der Waals surface area contributed by atoms with Crippen LogP contribution in [0.25, 0.3) is 0 Å². The number of aromatic nitrogens is 1. The number of nitrogens with zero attached hydrogens (tertiary/aromatic N) is 1. The zero-order valence-corrected chi connectivity index (χ0v) is 13.2. The lowest BCUT2D eigenvalue weighted by molar-refractivity contribution is -0.139. The molecule has 1 aromatic heterocycles. The van der Waals surface area contributed by atoms with E-state index in [1.54, 1.807) is 0 Å². The van der Waals surface area contributed by atoms with E-state index in [0.29, 0.717) is 5.75 Å². The van der Waals surface area contributed by atoms with Crippen LogP contribution in [0.15, 0.2) is 17.2 Å². The van der Waals surface area contributed by atoms with E-state index in [-0.39, 0.29) is 17.0 Å². The first-order valence-electron chi connectivity index (χ1n) is 5.88. The van der Waals surface area contributed by atoms with Crippen LogP contribution in [0.2, 0.25) is 0 Å². The van der Waals surface area contributed by atoms with E-state index in [0.717, 1.165) is 6.07 Å². The summed E-state index contributed by atoms with van der Waals surface area (Å²) in [4.78, 5) is 22.9. The van der Waals surface area contributed by atoms with Crippen molar-refractivity contribution in [2.75, 3.05) is 12.0 Å². The highest BCUT2D eigenvalue weighted by Gasteiger charge is 2.23. The van der Waals surface area contributed by atoms with Gasteiger partial charge in [0.1, 0.15) is 16.6 Å². The topological polar surface area (TPSA) is 131 Å². The summed E-state index contributed by atoms with van der Waals surface area (Å²) in [5, 5.41) is 16.4. The van der Waals surface area contributed by atoms with Crippen LogP contribution in [0, 0.1) is 0 Å². The molecular formula is C11H17N3O5S2. The molecule has 0 aliphatic carbocycles. The van der Waals surface area contributed by atoms with Crippen molar-refractivity contribution >= 4 is 33.7 Å². The number of thioether (sulfide) groups is 1. The number of rotatable bonds is 7. The van der Waals surface area contributed by atoms with Crippen LogP contribution in [0.3, 0.4) is 0 Å². The summed E-state index contributed by atoms with van der Waals surface area (Å²) in [7, 11) is -2.44. The molecule has 1 aromatic rings. The van der Waals surface area contributed by atoms with Crippen molar-refractivity contribution in [1.82, 2.24) is 9.88 Å². The highest BCUT2D eigenvalue weighted by molar-refractivity contribution is 7.98. The molecule has 0 aliphatic rings. The number of nitrogens with one attached hydrogen (secondary N) is 1. The maximum atomic E-state index is 12.0. The van der Waals surface area contributed by atoms with Gasteiger partial charge in [-0.25, -0.2) is 18.4 Å². The van der Waals surface area contributed by atoms with E-state index < -0.39 is 27.9 Å². The van der Waals surface area contributed by atoms with Crippen LogP contribution in [0.4, 0.5) is 0 Å². The molecule has 1 atom stereocenters. The molecule has 1 rings (SSSR count). The van der Waals surface area contributed by atoms with Crippen molar-refractivity contribution in [3.63, 3.8) is 0 Å². The first-order chi connectivity index (χ1) is 9.66. The zero-order chi connectivity index (χ0) is 16.2. The summed E-state index contributed by atoms with van der Waals surface area (Å²) in [6.07, 6.45) is 3.30. The second kappa shape index (κ2) is 6.96. The fourth-order valence-corrected chi connectivity index (χ4v) is 2.69. The minimum Gasteiger partial charge on any atom is -0.480 e. The lowest BCUT2D eigenvalue weighted by atomic mass is 10.2. The van der Waals surface area contributed by atoms with Crippen LogP contribution in [-0.4, -0.2) is 48.0 Å². The molecule has 10 heteroatoms. The normalized spacial score (nSPS) is 12.9. The van der Waals surface area contributed by atoms with Gasteiger partial charge in [-0.2, -0.15) is 11.8 Å². The Kier molecular flexibility index (Phi) is 5.81. The first-order valence-corrected chi connectivity index (χ1v) is 8.82. The third-order valence-corrected chi connectivity index (χ3v) is 4.28. The number of sulfonamides is 1. The maximum absolute atomic E-state index is 12.0. The molecule has 0 aromatic carbocycles. The number of carbonyl (C=O) groups excluding carboxylic acids is 1. The molecule has 1 heterocycles. The Morgan fingerprint density at radius 2 is 2.14 bits per heavy atom. The standard InChI is InChI=1S/C11H17N3O5S2/c1-14-6-7(21(12,18)19)5-9(14)10(15)13-8(11(16)17)3-4-20-2/h5-6,8H,3-4H2,1-2H3,(H,13,15)(H,16,17)(H2,12,18,19)/t8-/m1/s1. The number of primary sulfonamides is 1.